The number of ether oxygens (including phenoxy) is 2. The standard InChI is InChI=1S/C52H38N2O16S4/c1-2-3-25-53-51(55)40-28-45(69-43-23-21-35(73(63,64)65)26-38(43)30-13-17-33(18-14-30)71(57,58)59)48-37-11-7-8-12-42(37)54(32-9-5-4-6-10-32)50-46(29-41(52(53)56)47(40)49(48)50)70-44-24-22-36(74(66,67)68)27-39(44)31-15-19-34(20-16-31)72(60,61)62/h4-24,26-29H,2-3,25H2,1H3,(H,57,58,59)(H,60,61,62)(H,63,64,65)(H,66,67,68). The lowest BCUT2D eigenvalue weighted by molar-refractivity contribution is 0.478. The van der Waals surface area contributed by atoms with E-state index >= 15 is 0 Å². The van der Waals surface area contributed by atoms with Crippen LogP contribution in [0.3, 0.4) is 0 Å². The molecule has 8 aromatic carbocycles. The Morgan fingerprint density at radius 1 is 0.446 bits per heavy atom. The highest BCUT2D eigenvalue weighted by molar-refractivity contribution is 7.86. The molecule has 18 nitrogen and oxygen atoms in total. The van der Waals surface area contributed by atoms with E-state index in [1.807, 2.05) is 11.5 Å². The van der Waals surface area contributed by atoms with Crippen LogP contribution in [0.15, 0.2) is 181 Å². The number of pyridine rings is 2. The number of hydrogen-bond donors (Lipinski definition) is 4. The molecule has 2 aromatic heterocycles. The van der Waals surface area contributed by atoms with Crippen LogP contribution < -0.4 is 20.6 Å². The number of para-hydroxylation sites is 2. The Morgan fingerprint density at radius 2 is 0.892 bits per heavy atom. The average molecular weight is 1080 g/mol. The molecular formula is C52H38N2O16S4. The molecule has 0 aliphatic carbocycles. The topological polar surface area (TPSA) is 280 Å². The monoisotopic (exact) mass is 1070 g/mol. The van der Waals surface area contributed by atoms with Gasteiger partial charge in [-0.25, -0.2) is 0 Å². The third kappa shape index (κ3) is 8.96. The summed E-state index contributed by atoms with van der Waals surface area (Å²) in [6, 6.07) is 35.4. The van der Waals surface area contributed by atoms with Gasteiger partial charge in [0.25, 0.3) is 51.6 Å². The molecule has 0 bridgehead atoms. The molecule has 0 aliphatic heterocycles. The zero-order chi connectivity index (χ0) is 52.6. The van der Waals surface area contributed by atoms with Crippen molar-refractivity contribution in [3.8, 4) is 50.9 Å². The molecule has 0 amide bonds. The SMILES string of the molecule is CCCCn1c(=O)c2cc(Oc3ccc(S(=O)(=O)O)cc3-c3ccc(S(=O)(=O)O)cc3)c3c4ccccc4n(-c4ccccc4)c4c(Oc5ccc(S(=O)(=O)O)cc5-c5ccc(S(=O)(=O)O)cc5)cc(c1=O)c2c34. The zero-order valence-corrected chi connectivity index (χ0v) is 41.5. The van der Waals surface area contributed by atoms with E-state index in [-0.39, 0.29) is 78.9 Å². The molecule has 0 saturated carbocycles. The minimum absolute atomic E-state index is 0.00248. The summed E-state index contributed by atoms with van der Waals surface area (Å²) in [5.41, 5.74) is 0.378. The molecule has 10 aromatic rings. The van der Waals surface area contributed by atoms with E-state index in [1.54, 1.807) is 54.6 Å². The van der Waals surface area contributed by atoms with Gasteiger partial charge in [-0.3, -0.25) is 32.4 Å². The van der Waals surface area contributed by atoms with Gasteiger partial charge in [0.2, 0.25) is 0 Å². The molecule has 4 N–H and O–H groups in total. The molecule has 74 heavy (non-hydrogen) atoms. The number of fused-ring (bicyclic) bond motifs is 2. The fraction of sp³-hybridized carbons (Fsp3) is 0.0769. The highest BCUT2D eigenvalue weighted by Gasteiger charge is 2.29. The maximum absolute atomic E-state index is 14.9. The van der Waals surface area contributed by atoms with Crippen LogP contribution in [0.1, 0.15) is 19.8 Å². The molecule has 0 saturated heterocycles. The first-order valence-electron chi connectivity index (χ1n) is 22.3. The van der Waals surface area contributed by atoms with Crippen molar-refractivity contribution in [3.05, 3.63) is 172 Å². The molecule has 2 heterocycles. The van der Waals surface area contributed by atoms with Crippen LogP contribution in [0.2, 0.25) is 0 Å². The van der Waals surface area contributed by atoms with Crippen molar-refractivity contribution in [2.24, 2.45) is 0 Å². The third-order valence-corrected chi connectivity index (χ3v) is 15.9. The first kappa shape index (κ1) is 49.8. The predicted octanol–water partition coefficient (Wildman–Crippen LogP) is 9.76. The Kier molecular flexibility index (Phi) is 12.3. The molecule has 0 aliphatic rings. The number of unbranched alkanes of at least 4 members (excludes halogenated alkanes) is 1. The lowest BCUT2D eigenvalue weighted by Crippen LogP contribution is -2.33. The minimum atomic E-state index is -4.85. The molecule has 0 radical (unpaired) electrons. The molecular weight excluding hydrogens is 1040 g/mol. The Hall–Kier alpha value is -7.80. The third-order valence-electron chi connectivity index (χ3n) is 12.5. The summed E-state index contributed by atoms with van der Waals surface area (Å²) in [4.78, 5) is 27.8. The van der Waals surface area contributed by atoms with Gasteiger partial charge in [-0.2, -0.15) is 33.7 Å². The predicted molar refractivity (Wildman–Crippen MR) is 276 cm³/mol. The normalized spacial score (nSPS) is 12.6. The largest absolute Gasteiger partial charge is 0.456 e. The van der Waals surface area contributed by atoms with Crippen LogP contribution in [-0.4, -0.2) is 61.0 Å². The summed E-state index contributed by atoms with van der Waals surface area (Å²) in [6.45, 7) is 1.89. The number of hydrogen-bond acceptors (Lipinski definition) is 12. The van der Waals surface area contributed by atoms with E-state index in [0.717, 1.165) is 53.1 Å². The van der Waals surface area contributed by atoms with Crippen molar-refractivity contribution in [2.45, 2.75) is 45.9 Å². The van der Waals surface area contributed by atoms with Crippen LogP contribution >= 0.6 is 0 Å². The summed E-state index contributed by atoms with van der Waals surface area (Å²) in [5.74, 6) is -0.141. The van der Waals surface area contributed by atoms with Gasteiger partial charge >= 0.3 is 0 Å². The van der Waals surface area contributed by atoms with Gasteiger partial charge in [0.1, 0.15) is 17.2 Å². The number of aromatic nitrogens is 2. The molecule has 0 atom stereocenters. The second-order valence-electron chi connectivity index (χ2n) is 17.1. The van der Waals surface area contributed by atoms with E-state index < -0.39 is 71.2 Å². The van der Waals surface area contributed by atoms with E-state index in [9.17, 15) is 61.5 Å². The van der Waals surface area contributed by atoms with E-state index in [0.29, 0.717) is 34.8 Å². The van der Waals surface area contributed by atoms with Crippen LogP contribution in [0.25, 0.3) is 71.3 Å². The van der Waals surface area contributed by atoms with E-state index in [1.165, 1.54) is 48.5 Å². The summed E-state index contributed by atoms with van der Waals surface area (Å²) >= 11 is 0. The maximum Gasteiger partial charge on any atom is 0.294 e. The van der Waals surface area contributed by atoms with Crippen molar-refractivity contribution >= 4 is 83.8 Å². The van der Waals surface area contributed by atoms with Gasteiger partial charge in [-0.15, -0.1) is 0 Å². The van der Waals surface area contributed by atoms with Crippen molar-refractivity contribution in [2.75, 3.05) is 0 Å². The van der Waals surface area contributed by atoms with Crippen molar-refractivity contribution < 1.29 is 61.4 Å². The van der Waals surface area contributed by atoms with E-state index in [2.05, 4.69) is 0 Å². The van der Waals surface area contributed by atoms with Gasteiger partial charge in [0.15, 0.2) is 5.75 Å². The van der Waals surface area contributed by atoms with Crippen LogP contribution in [0, 0.1) is 0 Å². The number of benzene rings is 8. The molecule has 22 heteroatoms. The number of nitrogens with zero attached hydrogens (tertiary/aromatic N) is 2. The van der Waals surface area contributed by atoms with E-state index in [4.69, 9.17) is 9.47 Å². The first-order chi connectivity index (χ1) is 35.0. The van der Waals surface area contributed by atoms with Crippen LogP contribution in [-0.2, 0) is 47.0 Å². The fourth-order valence-corrected chi connectivity index (χ4v) is 11.1. The Balaban J connectivity index is 1.35. The van der Waals surface area contributed by atoms with Crippen molar-refractivity contribution in [3.63, 3.8) is 0 Å². The Morgan fingerprint density at radius 3 is 1.38 bits per heavy atom. The van der Waals surface area contributed by atoms with Crippen molar-refractivity contribution in [1.29, 1.82) is 0 Å². The smallest absolute Gasteiger partial charge is 0.294 e. The molecule has 0 spiro atoms. The second kappa shape index (κ2) is 18.3. The lowest BCUT2D eigenvalue weighted by Gasteiger charge is -2.25. The summed E-state index contributed by atoms with van der Waals surface area (Å²) in [7, 11) is -19.0. The Labute approximate surface area is 421 Å². The zero-order valence-electron chi connectivity index (χ0n) is 38.3. The van der Waals surface area contributed by atoms with Gasteiger partial charge in [-0.05, 0) is 109 Å². The van der Waals surface area contributed by atoms with Gasteiger partial charge in [0.05, 0.1) is 41.4 Å². The van der Waals surface area contributed by atoms with Crippen molar-refractivity contribution in [1.82, 2.24) is 9.13 Å². The first-order valence-corrected chi connectivity index (χ1v) is 28.0. The van der Waals surface area contributed by atoms with Gasteiger partial charge < -0.3 is 14.0 Å². The second-order valence-corrected chi connectivity index (χ2v) is 22.8. The number of rotatable bonds is 14. The minimum Gasteiger partial charge on any atom is -0.456 e. The summed E-state index contributed by atoms with van der Waals surface area (Å²) < 4.78 is 155. The quantitative estimate of drug-likeness (QED) is 0.0448. The Bertz CT molecular complexity index is 4510. The highest BCUT2D eigenvalue weighted by atomic mass is 32.2. The lowest BCUT2D eigenvalue weighted by atomic mass is 9.93. The molecule has 10 rings (SSSR count). The summed E-state index contributed by atoms with van der Waals surface area (Å²) in [6.07, 6.45) is 1.03. The fourth-order valence-electron chi connectivity index (χ4n) is 9.12. The summed E-state index contributed by atoms with van der Waals surface area (Å²) in [5, 5.41) is 1.33. The van der Waals surface area contributed by atoms with Crippen LogP contribution in [0.4, 0.5) is 0 Å². The highest BCUT2D eigenvalue weighted by Crippen LogP contribution is 2.50. The van der Waals surface area contributed by atoms with Gasteiger partial charge in [0, 0.05) is 44.9 Å². The van der Waals surface area contributed by atoms with Crippen LogP contribution in [0.5, 0.6) is 23.0 Å². The molecule has 0 fully saturated rings. The van der Waals surface area contributed by atoms with Gasteiger partial charge in [-0.1, -0.05) is 74.0 Å². The average Bonchev–Trinajstić information content (AvgIpc) is 3.36. The maximum atomic E-state index is 14.9. The molecule has 376 valence electrons. The molecule has 0 unspecified atom stereocenters.